The van der Waals surface area contributed by atoms with Crippen LogP contribution >= 0.6 is 0 Å². The topological polar surface area (TPSA) is 75.0 Å². The van der Waals surface area contributed by atoms with Gasteiger partial charge in [-0.15, -0.1) is 0 Å². The fourth-order valence-electron chi connectivity index (χ4n) is 5.69. The highest BCUT2D eigenvalue weighted by Crippen LogP contribution is 2.41. The second kappa shape index (κ2) is 8.90. The number of furan rings is 1. The molecule has 3 aromatic carbocycles. The van der Waals surface area contributed by atoms with Crippen LogP contribution in [-0.4, -0.2) is 55.0 Å². The summed E-state index contributed by atoms with van der Waals surface area (Å²) < 4.78 is 11.3. The van der Waals surface area contributed by atoms with Crippen molar-refractivity contribution in [3.63, 3.8) is 0 Å². The minimum atomic E-state index is -0.0822. The molecule has 0 radical (unpaired) electrons. The smallest absolute Gasteiger partial charge is 0.321 e. The third-order valence-electron chi connectivity index (χ3n) is 7.81. The van der Waals surface area contributed by atoms with Gasteiger partial charge in [-0.1, -0.05) is 48.5 Å². The first-order chi connectivity index (χ1) is 17.5. The van der Waals surface area contributed by atoms with Crippen molar-refractivity contribution in [3.8, 4) is 5.75 Å². The molecule has 2 fully saturated rings. The fourth-order valence-corrected chi connectivity index (χ4v) is 5.69. The van der Waals surface area contributed by atoms with Crippen LogP contribution in [0.3, 0.4) is 0 Å². The number of ether oxygens (including phenoxy) is 1. The molecule has 3 amide bonds. The number of carbonyl (C=O) groups excluding carboxylic acids is 2. The van der Waals surface area contributed by atoms with Crippen molar-refractivity contribution >= 4 is 39.4 Å². The summed E-state index contributed by atoms with van der Waals surface area (Å²) in [6, 6.07) is 21.4. The van der Waals surface area contributed by atoms with Gasteiger partial charge in [0.15, 0.2) is 17.1 Å². The molecular weight excluding hydrogens is 454 g/mol. The molecular formula is C29H29N3O4. The molecule has 0 bridgehead atoms. The molecule has 7 nitrogen and oxygen atoms in total. The Morgan fingerprint density at radius 2 is 1.58 bits per heavy atom. The first-order valence-corrected chi connectivity index (χ1v) is 12.4. The molecule has 1 aromatic heterocycles. The van der Waals surface area contributed by atoms with Crippen molar-refractivity contribution in [2.45, 2.75) is 19.3 Å². The zero-order chi connectivity index (χ0) is 24.7. The number of para-hydroxylation sites is 1. The number of benzene rings is 3. The summed E-state index contributed by atoms with van der Waals surface area (Å²) in [5.41, 5.74) is 1.48. The van der Waals surface area contributed by atoms with Gasteiger partial charge in [0, 0.05) is 37.0 Å². The van der Waals surface area contributed by atoms with Gasteiger partial charge in [-0.05, 0) is 48.3 Å². The van der Waals surface area contributed by atoms with E-state index in [4.69, 9.17) is 9.15 Å². The molecule has 36 heavy (non-hydrogen) atoms. The minimum Gasteiger partial charge on any atom is -0.493 e. The Morgan fingerprint density at radius 3 is 2.39 bits per heavy atom. The van der Waals surface area contributed by atoms with Gasteiger partial charge in [0.1, 0.15) is 0 Å². The number of methoxy groups -OCH3 is 1. The van der Waals surface area contributed by atoms with E-state index in [9.17, 15) is 9.59 Å². The van der Waals surface area contributed by atoms with Gasteiger partial charge in [-0.25, -0.2) is 4.79 Å². The van der Waals surface area contributed by atoms with E-state index in [0.717, 1.165) is 41.1 Å². The highest BCUT2D eigenvalue weighted by atomic mass is 16.5. The minimum absolute atomic E-state index is 0.0512. The largest absolute Gasteiger partial charge is 0.493 e. The number of anilines is 1. The molecule has 2 aliphatic heterocycles. The van der Waals surface area contributed by atoms with E-state index in [-0.39, 0.29) is 17.4 Å². The molecule has 0 aliphatic carbocycles. The fraction of sp³-hybridized carbons (Fsp3) is 0.310. The van der Waals surface area contributed by atoms with E-state index in [0.29, 0.717) is 43.3 Å². The molecule has 0 saturated carbocycles. The zero-order valence-electron chi connectivity index (χ0n) is 20.3. The number of likely N-dealkylation sites (tertiary alicyclic amines) is 2. The molecule has 184 valence electrons. The Hall–Kier alpha value is -4.00. The van der Waals surface area contributed by atoms with Gasteiger partial charge in [-0.3, -0.25) is 4.79 Å². The molecule has 0 unspecified atom stereocenters. The van der Waals surface area contributed by atoms with Gasteiger partial charge >= 0.3 is 6.03 Å². The summed E-state index contributed by atoms with van der Waals surface area (Å²) >= 11 is 0. The lowest BCUT2D eigenvalue weighted by Crippen LogP contribution is -2.46. The van der Waals surface area contributed by atoms with Crippen molar-refractivity contribution in [1.82, 2.24) is 9.80 Å². The maximum Gasteiger partial charge on any atom is 0.321 e. The zero-order valence-corrected chi connectivity index (χ0v) is 20.3. The van der Waals surface area contributed by atoms with Gasteiger partial charge in [-0.2, -0.15) is 0 Å². The predicted octanol–water partition coefficient (Wildman–Crippen LogP) is 5.75. The van der Waals surface area contributed by atoms with E-state index < -0.39 is 0 Å². The lowest BCUT2D eigenvalue weighted by atomic mass is 9.78. The van der Waals surface area contributed by atoms with Crippen molar-refractivity contribution in [2.75, 3.05) is 38.6 Å². The van der Waals surface area contributed by atoms with Crippen LogP contribution in [0.25, 0.3) is 21.7 Å². The number of hydrogen-bond donors (Lipinski definition) is 1. The van der Waals surface area contributed by atoms with Gasteiger partial charge < -0.3 is 24.3 Å². The molecule has 3 heterocycles. The summed E-state index contributed by atoms with van der Waals surface area (Å²) in [6.45, 7) is 2.76. The van der Waals surface area contributed by atoms with Crippen LogP contribution in [0, 0.1) is 5.41 Å². The summed E-state index contributed by atoms with van der Waals surface area (Å²) in [5.74, 6) is 0.887. The van der Waals surface area contributed by atoms with Crippen LogP contribution in [-0.2, 0) is 0 Å². The van der Waals surface area contributed by atoms with Crippen LogP contribution in [0.1, 0.15) is 29.8 Å². The van der Waals surface area contributed by atoms with Crippen LogP contribution in [0.4, 0.5) is 10.5 Å². The molecule has 7 heteroatoms. The quantitative estimate of drug-likeness (QED) is 0.402. The van der Waals surface area contributed by atoms with Crippen molar-refractivity contribution in [3.05, 3.63) is 72.5 Å². The number of hydrogen-bond acceptors (Lipinski definition) is 4. The number of urea groups is 1. The lowest BCUT2D eigenvalue weighted by molar-refractivity contribution is 0.0711. The number of piperidine rings is 1. The van der Waals surface area contributed by atoms with Crippen LogP contribution < -0.4 is 10.1 Å². The number of fused-ring (bicyclic) bond motifs is 2. The first-order valence-electron chi connectivity index (χ1n) is 12.4. The molecule has 6 rings (SSSR count). The number of nitrogens with zero attached hydrogens (tertiary/aromatic N) is 2. The predicted molar refractivity (Wildman–Crippen MR) is 139 cm³/mol. The average molecular weight is 484 g/mol. The Morgan fingerprint density at radius 1 is 0.889 bits per heavy atom. The molecule has 1 N–H and O–H groups in total. The molecule has 4 aromatic rings. The van der Waals surface area contributed by atoms with Gasteiger partial charge in [0.25, 0.3) is 5.91 Å². The van der Waals surface area contributed by atoms with Gasteiger partial charge in [0.05, 0.1) is 12.8 Å². The Kier molecular flexibility index (Phi) is 5.55. The molecule has 2 saturated heterocycles. The third-order valence-corrected chi connectivity index (χ3v) is 7.81. The summed E-state index contributed by atoms with van der Waals surface area (Å²) in [6.07, 6.45) is 2.71. The monoisotopic (exact) mass is 483 g/mol. The Balaban J connectivity index is 1.09. The second-order valence-electron chi connectivity index (χ2n) is 9.91. The average Bonchev–Trinajstić information content (AvgIpc) is 3.53. The van der Waals surface area contributed by atoms with Crippen molar-refractivity contribution in [1.29, 1.82) is 0 Å². The van der Waals surface area contributed by atoms with Crippen LogP contribution in [0.5, 0.6) is 5.75 Å². The van der Waals surface area contributed by atoms with E-state index in [1.54, 1.807) is 13.2 Å². The van der Waals surface area contributed by atoms with Crippen LogP contribution in [0.2, 0.25) is 0 Å². The SMILES string of the molecule is COc1cccc2cc(C(=O)N3CCC4(CCN(C(=O)Nc5cccc6ccccc56)CC4)C3)oc12. The number of nitrogens with one attached hydrogen (secondary N) is 1. The highest BCUT2D eigenvalue weighted by Gasteiger charge is 2.43. The van der Waals surface area contributed by atoms with Crippen molar-refractivity contribution in [2.24, 2.45) is 5.41 Å². The molecule has 1 spiro atoms. The van der Waals surface area contributed by atoms with Crippen LogP contribution in [0.15, 0.2) is 71.1 Å². The maximum absolute atomic E-state index is 13.2. The van der Waals surface area contributed by atoms with E-state index in [1.165, 1.54) is 0 Å². The Labute approximate surface area is 209 Å². The van der Waals surface area contributed by atoms with E-state index in [2.05, 4.69) is 5.32 Å². The van der Waals surface area contributed by atoms with Crippen molar-refractivity contribution < 1.29 is 18.7 Å². The Bertz CT molecular complexity index is 1450. The normalized spacial score (nSPS) is 17.1. The standard InChI is InChI=1S/C29H29N3O4/c1-35-24-11-5-8-21-18-25(36-26(21)24)27(33)32-17-14-29(19-32)12-15-31(16-13-29)28(34)30-23-10-4-7-20-6-2-3-9-22(20)23/h2-11,18H,12-17,19H2,1H3,(H,30,34). The maximum atomic E-state index is 13.2. The third kappa shape index (κ3) is 3.94. The summed E-state index contributed by atoms with van der Waals surface area (Å²) in [5, 5.41) is 6.10. The van der Waals surface area contributed by atoms with E-state index in [1.807, 2.05) is 70.5 Å². The second-order valence-corrected chi connectivity index (χ2v) is 9.91. The summed E-state index contributed by atoms with van der Waals surface area (Å²) in [7, 11) is 1.59. The molecule has 0 atom stereocenters. The first kappa shape index (κ1) is 22.5. The molecule has 2 aliphatic rings. The van der Waals surface area contributed by atoms with Gasteiger partial charge in [0.2, 0.25) is 0 Å². The van der Waals surface area contributed by atoms with E-state index >= 15 is 0 Å². The number of carbonyl (C=O) groups is 2. The number of amides is 3. The number of rotatable bonds is 3. The highest BCUT2D eigenvalue weighted by molar-refractivity contribution is 6.01. The lowest BCUT2D eigenvalue weighted by Gasteiger charge is -2.39. The summed E-state index contributed by atoms with van der Waals surface area (Å²) in [4.78, 5) is 30.1.